The Kier molecular flexibility index (Phi) is 5.02. The number of ether oxygens (including phenoxy) is 1. The van der Waals surface area contributed by atoms with Gasteiger partial charge in [0, 0.05) is 19.2 Å². The third-order valence-electron chi connectivity index (χ3n) is 3.73. The number of hydrogen-bond acceptors (Lipinski definition) is 7. The lowest BCUT2D eigenvalue weighted by Crippen LogP contribution is -2.35. The van der Waals surface area contributed by atoms with E-state index in [9.17, 15) is 13.2 Å². The summed E-state index contributed by atoms with van der Waals surface area (Å²) < 4.78 is 37.1. The molecule has 0 aromatic carbocycles. The highest BCUT2D eigenvalue weighted by atomic mass is 32.2. The molecule has 1 fully saturated rings. The van der Waals surface area contributed by atoms with Gasteiger partial charge in [-0.05, 0) is 31.9 Å². The highest BCUT2D eigenvalue weighted by Crippen LogP contribution is 2.33. The van der Waals surface area contributed by atoms with E-state index >= 15 is 0 Å². The van der Waals surface area contributed by atoms with E-state index in [1.165, 1.54) is 10.4 Å². The summed E-state index contributed by atoms with van der Waals surface area (Å²) in [6.07, 6.45) is 2.85. The molecule has 0 saturated carbocycles. The molecule has 3 rings (SSSR count). The van der Waals surface area contributed by atoms with Crippen molar-refractivity contribution in [3.05, 3.63) is 23.9 Å². The van der Waals surface area contributed by atoms with Crippen LogP contribution in [0.1, 0.15) is 36.7 Å². The summed E-state index contributed by atoms with van der Waals surface area (Å²) >= 11 is 1.11. The number of aromatic nitrogens is 1. The topological polar surface area (TPSA) is 89.7 Å². The molecule has 0 amide bonds. The molecule has 0 N–H and O–H groups in total. The maximum absolute atomic E-state index is 12.6. The lowest BCUT2D eigenvalue weighted by Gasteiger charge is -2.25. The summed E-state index contributed by atoms with van der Waals surface area (Å²) in [4.78, 5) is 12.2. The molecule has 1 saturated heterocycles. The van der Waals surface area contributed by atoms with Gasteiger partial charge in [0.2, 0.25) is 0 Å². The fourth-order valence-corrected chi connectivity index (χ4v) is 5.44. The van der Waals surface area contributed by atoms with Gasteiger partial charge in [-0.2, -0.15) is 4.31 Å². The number of carbonyl (C=O) groups excluding carboxylic acids is 1. The van der Waals surface area contributed by atoms with E-state index in [4.69, 9.17) is 9.26 Å². The van der Waals surface area contributed by atoms with Gasteiger partial charge in [0.1, 0.15) is 4.21 Å². The molecule has 9 heteroatoms. The average molecular weight is 370 g/mol. The van der Waals surface area contributed by atoms with E-state index in [2.05, 4.69) is 5.16 Å². The van der Waals surface area contributed by atoms with E-state index in [0.29, 0.717) is 23.7 Å². The number of hydrogen-bond donors (Lipinski definition) is 0. The predicted octanol–water partition coefficient (Wildman–Crippen LogP) is 2.75. The highest BCUT2D eigenvalue weighted by molar-refractivity contribution is 7.91. The normalized spacial score (nSPS) is 16.2. The minimum atomic E-state index is -3.47. The number of carbonyl (C=O) groups is 1. The SMILES string of the molecule is CCOC(=O)c1cc(-c2ccc(S(=O)(=O)N3CCCCC3)s2)on1. The van der Waals surface area contributed by atoms with Crippen molar-refractivity contribution in [3.63, 3.8) is 0 Å². The Morgan fingerprint density at radius 3 is 2.79 bits per heavy atom. The van der Waals surface area contributed by atoms with E-state index < -0.39 is 16.0 Å². The molecule has 1 aliphatic heterocycles. The van der Waals surface area contributed by atoms with Crippen LogP contribution < -0.4 is 0 Å². The van der Waals surface area contributed by atoms with Crippen LogP contribution in [-0.2, 0) is 14.8 Å². The first-order valence-electron chi connectivity index (χ1n) is 7.76. The molecule has 0 aliphatic carbocycles. The zero-order valence-electron chi connectivity index (χ0n) is 13.2. The summed E-state index contributed by atoms with van der Waals surface area (Å²) in [5.74, 6) is -0.214. The first-order chi connectivity index (χ1) is 11.5. The third-order valence-corrected chi connectivity index (χ3v) is 7.19. The van der Waals surface area contributed by atoms with Gasteiger partial charge < -0.3 is 9.26 Å². The second-order valence-corrected chi connectivity index (χ2v) is 8.63. The maximum Gasteiger partial charge on any atom is 0.360 e. The molecular weight excluding hydrogens is 352 g/mol. The molecule has 0 bridgehead atoms. The smallest absolute Gasteiger partial charge is 0.360 e. The van der Waals surface area contributed by atoms with Crippen molar-refractivity contribution in [2.75, 3.05) is 19.7 Å². The number of nitrogens with zero attached hydrogens (tertiary/aromatic N) is 2. The average Bonchev–Trinajstić information content (AvgIpc) is 3.25. The molecule has 130 valence electrons. The minimum absolute atomic E-state index is 0.0701. The van der Waals surface area contributed by atoms with Crippen molar-refractivity contribution in [1.29, 1.82) is 0 Å². The van der Waals surface area contributed by atoms with E-state index in [-0.39, 0.29) is 16.5 Å². The van der Waals surface area contributed by atoms with Gasteiger partial charge in [0.05, 0.1) is 11.5 Å². The fraction of sp³-hybridized carbons (Fsp3) is 0.467. The number of sulfonamides is 1. The van der Waals surface area contributed by atoms with Crippen molar-refractivity contribution in [2.45, 2.75) is 30.4 Å². The van der Waals surface area contributed by atoms with Gasteiger partial charge in [-0.3, -0.25) is 0 Å². The summed E-state index contributed by atoms with van der Waals surface area (Å²) in [6, 6.07) is 4.69. The Labute approximate surface area is 144 Å². The molecule has 2 aromatic rings. The van der Waals surface area contributed by atoms with Crippen LogP contribution in [0, 0.1) is 0 Å². The maximum atomic E-state index is 12.6. The summed E-state index contributed by atoms with van der Waals surface area (Å²) in [6.45, 7) is 3.07. The molecule has 0 spiro atoms. The van der Waals surface area contributed by atoms with Crippen molar-refractivity contribution >= 4 is 27.3 Å². The number of piperidine rings is 1. The Morgan fingerprint density at radius 1 is 1.33 bits per heavy atom. The Balaban J connectivity index is 1.81. The van der Waals surface area contributed by atoms with Gasteiger partial charge in [-0.25, -0.2) is 13.2 Å². The van der Waals surface area contributed by atoms with Crippen molar-refractivity contribution in [1.82, 2.24) is 9.46 Å². The second kappa shape index (κ2) is 7.04. The minimum Gasteiger partial charge on any atom is -0.461 e. The van der Waals surface area contributed by atoms with Crippen LogP contribution in [0.25, 0.3) is 10.6 Å². The summed E-state index contributed by atoms with van der Waals surface area (Å²) in [5.41, 5.74) is 0.0701. The third kappa shape index (κ3) is 3.38. The number of rotatable bonds is 5. The van der Waals surface area contributed by atoms with Gasteiger partial charge in [0.15, 0.2) is 11.5 Å². The lowest BCUT2D eigenvalue weighted by atomic mass is 10.2. The van der Waals surface area contributed by atoms with Crippen molar-refractivity contribution < 1.29 is 22.5 Å². The first-order valence-corrected chi connectivity index (χ1v) is 10.0. The van der Waals surface area contributed by atoms with Gasteiger partial charge in [-0.15, -0.1) is 11.3 Å². The highest BCUT2D eigenvalue weighted by Gasteiger charge is 2.28. The first kappa shape index (κ1) is 17.1. The summed E-state index contributed by atoms with van der Waals surface area (Å²) in [7, 11) is -3.47. The lowest BCUT2D eigenvalue weighted by molar-refractivity contribution is 0.0514. The molecule has 7 nitrogen and oxygen atoms in total. The molecule has 0 radical (unpaired) electrons. The van der Waals surface area contributed by atoms with Crippen LogP contribution in [-0.4, -0.2) is 43.5 Å². The van der Waals surface area contributed by atoms with Gasteiger partial charge in [-0.1, -0.05) is 11.6 Å². The van der Waals surface area contributed by atoms with Crippen LogP contribution in [0.5, 0.6) is 0 Å². The zero-order chi connectivity index (χ0) is 17.2. The quantitative estimate of drug-likeness (QED) is 0.752. The Morgan fingerprint density at radius 2 is 2.08 bits per heavy atom. The van der Waals surface area contributed by atoms with Gasteiger partial charge in [0.25, 0.3) is 10.0 Å². The monoisotopic (exact) mass is 370 g/mol. The zero-order valence-corrected chi connectivity index (χ0v) is 14.9. The van der Waals surface area contributed by atoms with Crippen LogP contribution in [0.15, 0.2) is 26.9 Å². The molecule has 2 aromatic heterocycles. The van der Waals surface area contributed by atoms with Crippen LogP contribution in [0.4, 0.5) is 0 Å². The fourth-order valence-electron chi connectivity index (χ4n) is 2.52. The molecule has 0 atom stereocenters. The number of esters is 1. The van der Waals surface area contributed by atoms with E-state index in [1.54, 1.807) is 19.1 Å². The van der Waals surface area contributed by atoms with Crippen LogP contribution >= 0.6 is 11.3 Å². The van der Waals surface area contributed by atoms with Gasteiger partial charge >= 0.3 is 5.97 Å². The van der Waals surface area contributed by atoms with Crippen LogP contribution in [0.3, 0.4) is 0 Å². The standard InChI is InChI=1S/C15H18N2O5S2/c1-2-21-15(18)11-10-12(22-16-11)13-6-7-14(23-13)24(19,20)17-8-4-3-5-9-17/h6-7,10H,2-5,8-9H2,1H3. The largest absolute Gasteiger partial charge is 0.461 e. The van der Waals surface area contributed by atoms with E-state index in [0.717, 1.165) is 30.6 Å². The number of thiophene rings is 1. The second-order valence-electron chi connectivity index (χ2n) is 5.38. The Bertz CT molecular complexity index is 819. The molecule has 1 aliphatic rings. The van der Waals surface area contributed by atoms with Crippen molar-refractivity contribution in [3.8, 4) is 10.6 Å². The molecule has 3 heterocycles. The summed E-state index contributed by atoms with van der Waals surface area (Å²) in [5, 5.41) is 3.67. The predicted molar refractivity (Wildman–Crippen MR) is 88.4 cm³/mol. The molecular formula is C15H18N2O5S2. The van der Waals surface area contributed by atoms with E-state index in [1.807, 2.05) is 0 Å². The van der Waals surface area contributed by atoms with Crippen LogP contribution in [0.2, 0.25) is 0 Å². The molecule has 0 unspecified atom stereocenters. The molecule has 24 heavy (non-hydrogen) atoms. The Hall–Kier alpha value is -1.71. The van der Waals surface area contributed by atoms with Crippen molar-refractivity contribution in [2.24, 2.45) is 0 Å².